The van der Waals surface area contributed by atoms with Gasteiger partial charge in [-0.15, -0.1) is 0 Å². The standard InChI is InChI=1S/C15H27N3O/c1-16-8-12-5-7-18(10-12)14(19)15-6-3-2-4-13(15)9-17-11-15/h12-13,16-17H,2-11H2,1H3/t12?,13-,15+/m0/s1. The lowest BCUT2D eigenvalue weighted by atomic mass is 9.67. The Labute approximate surface area is 116 Å². The van der Waals surface area contributed by atoms with E-state index in [1.54, 1.807) is 0 Å². The van der Waals surface area contributed by atoms with E-state index in [9.17, 15) is 4.79 Å². The normalized spacial score (nSPS) is 38.5. The van der Waals surface area contributed by atoms with Crippen LogP contribution in [0, 0.1) is 17.3 Å². The van der Waals surface area contributed by atoms with Crippen LogP contribution in [0.5, 0.6) is 0 Å². The molecule has 3 fully saturated rings. The van der Waals surface area contributed by atoms with E-state index in [-0.39, 0.29) is 5.41 Å². The first-order valence-corrected chi connectivity index (χ1v) is 7.91. The number of carbonyl (C=O) groups is 1. The maximum Gasteiger partial charge on any atom is 0.230 e. The van der Waals surface area contributed by atoms with Crippen LogP contribution in [0.4, 0.5) is 0 Å². The van der Waals surface area contributed by atoms with E-state index in [0.29, 0.717) is 17.7 Å². The van der Waals surface area contributed by atoms with Crippen LogP contribution < -0.4 is 10.6 Å². The fourth-order valence-corrected chi connectivity index (χ4v) is 4.46. The van der Waals surface area contributed by atoms with Crippen molar-refractivity contribution in [1.82, 2.24) is 15.5 Å². The van der Waals surface area contributed by atoms with E-state index in [0.717, 1.165) is 39.1 Å². The van der Waals surface area contributed by atoms with E-state index in [1.807, 2.05) is 7.05 Å². The van der Waals surface area contributed by atoms with E-state index in [4.69, 9.17) is 0 Å². The second-order valence-corrected chi connectivity index (χ2v) is 6.69. The summed E-state index contributed by atoms with van der Waals surface area (Å²) in [5.74, 6) is 1.71. The second kappa shape index (κ2) is 5.41. The van der Waals surface area contributed by atoms with Crippen LogP contribution in [0.1, 0.15) is 32.1 Å². The van der Waals surface area contributed by atoms with Crippen molar-refractivity contribution in [2.24, 2.45) is 17.3 Å². The fraction of sp³-hybridized carbons (Fsp3) is 0.933. The van der Waals surface area contributed by atoms with Crippen molar-refractivity contribution in [2.75, 3.05) is 39.8 Å². The van der Waals surface area contributed by atoms with Gasteiger partial charge in [0.05, 0.1) is 5.41 Å². The zero-order valence-electron chi connectivity index (χ0n) is 12.1. The molecule has 4 nitrogen and oxygen atoms in total. The summed E-state index contributed by atoms with van der Waals surface area (Å²) in [6.07, 6.45) is 6.06. The summed E-state index contributed by atoms with van der Waals surface area (Å²) in [6, 6.07) is 0. The molecule has 19 heavy (non-hydrogen) atoms. The van der Waals surface area contributed by atoms with Gasteiger partial charge in [-0.1, -0.05) is 12.8 Å². The first-order valence-electron chi connectivity index (χ1n) is 7.91. The van der Waals surface area contributed by atoms with E-state index in [2.05, 4.69) is 15.5 Å². The lowest BCUT2D eigenvalue weighted by Crippen LogP contribution is -2.49. The topological polar surface area (TPSA) is 44.4 Å². The highest BCUT2D eigenvalue weighted by Crippen LogP contribution is 2.45. The van der Waals surface area contributed by atoms with Crippen molar-refractivity contribution in [3.8, 4) is 0 Å². The molecule has 2 aliphatic heterocycles. The van der Waals surface area contributed by atoms with Gasteiger partial charge in [-0.05, 0) is 51.2 Å². The van der Waals surface area contributed by atoms with Gasteiger partial charge in [0.15, 0.2) is 0 Å². The minimum absolute atomic E-state index is 0.0488. The molecule has 2 heterocycles. The third-order valence-corrected chi connectivity index (χ3v) is 5.53. The Morgan fingerprint density at radius 2 is 2.32 bits per heavy atom. The van der Waals surface area contributed by atoms with Gasteiger partial charge in [-0.25, -0.2) is 0 Å². The van der Waals surface area contributed by atoms with Crippen LogP contribution in [0.3, 0.4) is 0 Å². The predicted molar refractivity (Wildman–Crippen MR) is 75.9 cm³/mol. The van der Waals surface area contributed by atoms with Gasteiger partial charge in [0.25, 0.3) is 0 Å². The number of hydrogen-bond acceptors (Lipinski definition) is 3. The van der Waals surface area contributed by atoms with Crippen molar-refractivity contribution in [3.63, 3.8) is 0 Å². The number of fused-ring (bicyclic) bond motifs is 1. The number of amides is 1. The molecular formula is C15H27N3O. The maximum atomic E-state index is 13.0. The first-order chi connectivity index (χ1) is 9.26. The molecule has 2 saturated heterocycles. The summed E-state index contributed by atoms with van der Waals surface area (Å²) in [4.78, 5) is 15.2. The first kappa shape index (κ1) is 13.4. The number of rotatable bonds is 3. The third-order valence-electron chi connectivity index (χ3n) is 5.53. The average molecular weight is 265 g/mol. The summed E-state index contributed by atoms with van der Waals surface area (Å²) < 4.78 is 0. The van der Waals surface area contributed by atoms with Crippen LogP contribution in [-0.4, -0.2) is 50.6 Å². The van der Waals surface area contributed by atoms with Gasteiger partial charge in [0.2, 0.25) is 5.91 Å². The summed E-state index contributed by atoms with van der Waals surface area (Å²) in [5, 5.41) is 6.73. The SMILES string of the molecule is CNCC1CCN(C(=O)[C@@]23CCCC[C@H]2CNC3)C1. The van der Waals surface area contributed by atoms with Gasteiger partial charge in [-0.3, -0.25) is 4.79 Å². The monoisotopic (exact) mass is 265 g/mol. The fourth-order valence-electron chi connectivity index (χ4n) is 4.46. The molecule has 4 heteroatoms. The molecular weight excluding hydrogens is 238 g/mol. The van der Waals surface area contributed by atoms with Crippen LogP contribution in [-0.2, 0) is 4.79 Å². The number of nitrogens with zero attached hydrogens (tertiary/aromatic N) is 1. The minimum Gasteiger partial charge on any atom is -0.342 e. The van der Waals surface area contributed by atoms with Crippen molar-refractivity contribution < 1.29 is 4.79 Å². The quantitative estimate of drug-likeness (QED) is 0.794. The largest absolute Gasteiger partial charge is 0.342 e. The highest BCUT2D eigenvalue weighted by Gasteiger charge is 2.51. The number of hydrogen-bond donors (Lipinski definition) is 2. The molecule has 1 unspecified atom stereocenters. The van der Waals surface area contributed by atoms with Crippen LogP contribution in [0.25, 0.3) is 0 Å². The van der Waals surface area contributed by atoms with Crippen LogP contribution in [0.2, 0.25) is 0 Å². The second-order valence-electron chi connectivity index (χ2n) is 6.69. The number of nitrogens with one attached hydrogen (secondary N) is 2. The Morgan fingerprint density at radius 3 is 3.16 bits per heavy atom. The summed E-state index contributed by atoms with van der Waals surface area (Å²) in [6.45, 7) is 4.95. The van der Waals surface area contributed by atoms with Gasteiger partial charge >= 0.3 is 0 Å². The average Bonchev–Trinajstić information content (AvgIpc) is 3.05. The van der Waals surface area contributed by atoms with E-state index in [1.165, 1.54) is 25.7 Å². The van der Waals surface area contributed by atoms with Crippen molar-refractivity contribution in [1.29, 1.82) is 0 Å². The Morgan fingerprint density at radius 1 is 1.42 bits per heavy atom. The van der Waals surface area contributed by atoms with Gasteiger partial charge < -0.3 is 15.5 Å². The smallest absolute Gasteiger partial charge is 0.230 e. The lowest BCUT2D eigenvalue weighted by molar-refractivity contribution is -0.144. The molecule has 0 aromatic heterocycles. The van der Waals surface area contributed by atoms with Crippen molar-refractivity contribution in [2.45, 2.75) is 32.1 Å². The molecule has 108 valence electrons. The van der Waals surface area contributed by atoms with E-state index < -0.39 is 0 Å². The highest BCUT2D eigenvalue weighted by atomic mass is 16.2. The number of likely N-dealkylation sites (tertiary alicyclic amines) is 1. The van der Waals surface area contributed by atoms with Crippen molar-refractivity contribution >= 4 is 5.91 Å². The lowest BCUT2D eigenvalue weighted by Gasteiger charge is -2.39. The van der Waals surface area contributed by atoms with Gasteiger partial charge in [-0.2, -0.15) is 0 Å². The number of carbonyl (C=O) groups excluding carboxylic acids is 1. The third kappa shape index (κ3) is 2.29. The molecule has 1 saturated carbocycles. The molecule has 0 bridgehead atoms. The summed E-state index contributed by atoms with van der Waals surface area (Å²) in [7, 11) is 2.00. The molecule has 1 aliphatic carbocycles. The molecule has 1 amide bonds. The zero-order chi connectivity index (χ0) is 13.3. The molecule has 0 aromatic rings. The van der Waals surface area contributed by atoms with E-state index >= 15 is 0 Å². The van der Waals surface area contributed by atoms with Crippen LogP contribution >= 0.6 is 0 Å². The molecule has 2 N–H and O–H groups in total. The Bertz CT molecular complexity index is 346. The molecule has 0 radical (unpaired) electrons. The Hall–Kier alpha value is -0.610. The van der Waals surface area contributed by atoms with Gasteiger partial charge in [0, 0.05) is 19.6 Å². The highest BCUT2D eigenvalue weighted by molar-refractivity contribution is 5.84. The molecule has 3 aliphatic rings. The van der Waals surface area contributed by atoms with Gasteiger partial charge in [0.1, 0.15) is 0 Å². The van der Waals surface area contributed by atoms with Crippen molar-refractivity contribution in [3.05, 3.63) is 0 Å². The molecule has 0 aromatic carbocycles. The molecule has 3 atom stereocenters. The molecule has 0 spiro atoms. The minimum atomic E-state index is -0.0488. The summed E-state index contributed by atoms with van der Waals surface area (Å²) >= 11 is 0. The zero-order valence-corrected chi connectivity index (χ0v) is 12.1. The van der Waals surface area contributed by atoms with Crippen LogP contribution in [0.15, 0.2) is 0 Å². The Kier molecular flexibility index (Phi) is 3.81. The maximum absolute atomic E-state index is 13.0. The molecule has 3 rings (SSSR count). The summed E-state index contributed by atoms with van der Waals surface area (Å²) in [5.41, 5.74) is -0.0488. The Balaban J connectivity index is 1.69. The predicted octanol–water partition coefficient (Wildman–Crippen LogP) is 0.834.